The van der Waals surface area contributed by atoms with Crippen LogP contribution in [0.4, 0.5) is 0 Å². The first kappa shape index (κ1) is 8.00. The number of carbonyl (C=O) groups is 2. The molecule has 5 heteroatoms. The number of aliphatic hydroxyl groups is 1. The molecule has 1 aliphatic rings. The van der Waals surface area contributed by atoms with Crippen LogP contribution >= 0.6 is 0 Å². The number of methoxy groups -OCH3 is 1. The average molecular weight is 159 g/mol. The summed E-state index contributed by atoms with van der Waals surface area (Å²) in [6.07, 6.45) is -0.977. The number of hydrogen-bond acceptors (Lipinski definition) is 4. The van der Waals surface area contributed by atoms with Crippen LogP contribution < -0.4 is 5.32 Å². The number of rotatable bonds is 1. The van der Waals surface area contributed by atoms with Crippen molar-refractivity contribution in [2.75, 3.05) is 7.11 Å². The van der Waals surface area contributed by atoms with Crippen molar-refractivity contribution in [1.82, 2.24) is 5.32 Å². The minimum absolute atomic E-state index is 0.0280. The van der Waals surface area contributed by atoms with E-state index in [0.717, 1.165) is 0 Å². The Morgan fingerprint density at radius 3 is 2.82 bits per heavy atom. The Morgan fingerprint density at radius 2 is 2.45 bits per heavy atom. The lowest BCUT2D eigenvalue weighted by Gasteiger charge is -2.09. The van der Waals surface area contributed by atoms with Gasteiger partial charge in [-0.25, -0.2) is 4.79 Å². The fourth-order valence-corrected chi connectivity index (χ4v) is 0.979. The lowest BCUT2D eigenvalue weighted by molar-refractivity contribution is -0.145. The molecule has 62 valence electrons. The van der Waals surface area contributed by atoms with Gasteiger partial charge < -0.3 is 15.2 Å². The van der Waals surface area contributed by atoms with Crippen LogP contribution in [-0.4, -0.2) is 36.2 Å². The standard InChI is InChI=1S/C6H9NO4/c1-11-6(10)5-3(8)2-4(9)7-5/h3,5,8H,2H2,1H3,(H,7,9)/t3-,5-/m0/s1. The van der Waals surface area contributed by atoms with Crippen LogP contribution in [0.2, 0.25) is 0 Å². The molecule has 0 saturated carbocycles. The van der Waals surface area contributed by atoms with E-state index in [1.807, 2.05) is 0 Å². The highest BCUT2D eigenvalue weighted by Gasteiger charge is 2.36. The molecule has 1 amide bonds. The number of carbonyl (C=O) groups excluding carboxylic acids is 2. The number of hydrogen-bond donors (Lipinski definition) is 2. The SMILES string of the molecule is COC(=O)[C@H]1NC(=O)C[C@@H]1O. The fraction of sp³-hybridized carbons (Fsp3) is 0.667. The average Bonchev–Trinajstić information content (AvgIpc) is 2.28. The summed E-state index contributed by atoms with van der Waals surface area (Å²) in [7, 11) is 1.21. The van der Waals surface area contributed by atoms with E-state index in [4.69, 9.17) is 5.11 Å². The minimum atomic E-state index is -0.949. The molecule has 1 rings (SSSR count). The van der Waals surface area contributed by atoms with Gasteiger partial charge in [-0.2, -0.15) is 0 Å². The van der Waals surface area contributed by atoms with Crippen molar-refractivity contribution in [3.63, 3.8) is 0 Å². The van der Waals surface area contributed by atoms with E-state index in [-0.39, 0.29) is 12.3 Å². The molecule has 0 bridgehead atoms. The predicted octanol–water partition coefficient (Wildman–Crippen LogP) is -1.59. The van der Waals surface area contributed by atoms with Crippen LogP contribution in [0.15, 0.2) is 0 Å². The molecule has 0 aromatic carbocycles. The van der Waals surface area contributed by atoms with E-state index >= 15 is 0 Å². The van der Waals surface area contributed by atoms with Crippen molar-refractivity contribution >= 4 is 11.9 Å². The molecule has 1 saturated heterocycles. The summed E-state index contributed by atoms with van der Waals surface area (Å²) in [6.45, 7) is 0. The van der Waals surface area contributed by atoms with Crippen molar-refractivity contribution in [2.45, 2.75) is 18.6 Å². The van der Waals surface area contributed by atoms with Crippen molar-refractivity contribution in [3.05, 3.63) is 0 Å². The second-order valence-electron chi connectivity index (χ2n) is 2.34. The third-order valence-electron chi connectivity index (χ3n) is 1.55. The Hall–Kier alpha value is -1.10. The van der Waals surface area contributed by atoms with Gasteiger partial charge in [-0.3, -0.25) is 4.79 Å². The number of aliphatic hydroxyl groups excluding tert-OH is 1. The summed E-state index contributed by atoms with van der Waals surface area (Å²) in [5.74, 6) is -0.934. The van der Waals surface area contributed by atoms with Gasteiger partial charge in [-0.05, 0) is 0 Å². The smallest absolute Gasteiger partial charge is 0.331 e. The first-order chi connectivity index (χ1) is 5.15. The van der Waals surface area contributed by atoms with Gasteiger partial charge >= 0.3 is 5.97 Å². The third kappa shape index (κ3) is 1.48. The topological polar surface area (TPSA) is 75.6 Å². The van der Waals surface area contributed by atoms with Crippen molar-refractivity contribution < 1.29 is 19.4 Å². The van der Waals surface area contributed by atoms with Crippen molar-refractivity contribution in [1.29, 1.82) is 0 Å². The Bertz CT molecular complexity index is 191. The molecule has 0 aliphatic carbocycles. The maximum absolute atomic E-state index is 10.8. The number of nitrogens with one attached hydrogen (secondary N) is 1. The Labute approximate surface area is 63.3 Å². The molecule has 11 heavy (non-hydrogen) atoms. The molecular formula is C6H9NO4. The molecule has 1 aliphatic heterocycles. The number of esters is 1. The zero-order chi connectivity index (χ0) is 8.43. The highest BCUT2D eigenvalue weighted by atomic mass is 16.5. The quantitative estimate of drug-likeness (QED) is 0.452. The lowest BCUT2D eigenvalue weighted by atomic mass is 10.2. The molecule has 5 nitrogen and oxygen atoms in total. The van der Waals surface area contributed by atoms with E-state index < -0.39 is 18.1 Å². The molecule has 0 unspecified atom stereocenters. The predicted molar refractivity (Wildman–Crippen MR) is 34.6 cm³/mol. The van der Waals surface area contributed by atoms with E-state index in [9.17, 15) is 9.59 Å². The highest BCUT2D eigenvalue weighted by molar-refractivity contribution is 5.89. The first-order valence-electron chi connectivity index (χ1n) is 3.20. The van der Waals surface area contributed by atoms with Crippen LogP contribution in [0.1, 0.15) is 6.42 Å². The van der Waals surface area contributed by atoms with Gasteiger partial charge in [0, 0.05) is 0 Å². The molecule has 0 aromatic rings. The Balaban J connectivity index is 2.59. The molecule has 2 atom stereocenters. The Kier molecular flexibility index (Phi) is 2.09. The van der Waals surface area contributed by atoms with Crippen LogP contribution in [-0.2, 0) is 14.3 Å². The summed E-state index contributed by atoms with van der Waals surface area (Å²) < 4.78 is 4.34. The van der Waals surface area contributed by atoms with Crippen LogP contribution in [0.3, 0.4) is 0 Å². The molecule has 2 N–H and O–H groups in total. The first-order valence-corrected chi connectivity index (χ1v) is 3.20. The molecule has 0 spiro atoms. The monoisotopic (exact) mass is 159 g/mol. The van der Waals surface area contributed by atoms with Crippen LogP contribution in [0.25, 0.3) is 0 Å². The summed E-state index contributed by atoms with van der Waals surface area (Å²) in [5, 5.41) is 11.4. The second-order valence-corrected chi connectivity index (χ2v) is 2.34. The fourth-order valence-electron chi connectivity index (χ4n) is 0.979. The molecule has 0 radical (unpaired) electrons. The normalized spacial score (nSPS) is 29.8. The summed E-state index contributed by atoms with van der Waals surface area (Å²) in [6, 6.07) is -0.882. The summed E-state index contributed by atoms with van der Waals surface area (Å²) in [5.41, 5.74) is 0. The van der Waals surface area contributed by atoms with Gasteiger partial charge in [0.25, 0.3) is 0 Å². The van der Waals surface area contributed by atoms with Gasteiger partial charge in [0.05, 0.1) is 19.6 Å². The lowest BCUT2D eigenvalue weighted by Crippen LogP contribution is -2.40. The highest BCUT2D eigenvalue weighted by Crippen LogP contribution is 2.08. The van der Waals surface area contributed by atoms with Crippen molar-refractivity contribution in [2.24, 2.45) is 0 Å². The van der Waals surface area contributed by atoms with Gasteiger partial charge in [0.15, 0.2) is 6.04 Å². The minimum Gasteiger partial charge on any atom is -0.467 e. The zero-order valence-electron chi connectivity index (χ0n) is 6.03. The molecule has 0 aromatic heterocycles. The molecule has 1 fully saturated rings. The summed E-state index contributed by atoms with van der Waals surface area (Å²) >= 11 is 0. The molecule has 1 heterocycles. The zero-order valence-corrected chi connectivity index (χ0v) is 6.03. The van der Waals surface area contributed by atoms with Gasteiger partial charge in [-0.15, -0.1) is 0 Å². The van der Waals surface area contributed by atoms with Crippen molar-refractivity contribution in [3.8, 4) is 0 Å². The van der Waals surface area contributed by atoms with Gasteiger partial charge in [-0.1, -0.05) is 0 Å². The van der Waals surface area contributed by atoms with Gasteiger partial charge in [0.1, 0.15) is 0 Å². The van der Waals surface area contributed by atoms with E-state index in [1.54, 1.807) is 0 Å². The Morgan fingerprint density at radius 1 is 1.82 bits per heavy atom. The molecular weight excluding hydrogens is 150 g/mol. The second kappa shape index (κ2) is 2.87. The maximum Gasteiger partial charge on any atom is 0.331 e. The van der Waals surface area contributed by atoms with E-state index in [0.29, 0.717) is 0 Å². The number of ether oxygens (including phenoxy) is 1. The summed E-state index contributed by atoms with van der Waals surface area (Å²) in [4.78, 5) is 21.4. The largest absolute Gasteiger partial charge is 0.467 e. The number of amides is 1. The van der Waals surface area contributed by atoms with E-state index in [2.05, 4.69) is 10.1 Å². The van der Waals surface area contributed by atoms with Crippen LogP contribution in [0, 0.1) is 0 Å². The van der Waals surface area contributed by atoms with Gasteiger partial charge in [0.2, 0.25) is 5.91 Å². The van der Waals surface area contributed by atoms with Crippen LogP contribution in [0.5, 0.6) is 0 Å². The van der Waals surface area contributed by atoms with E-state index in [1.165, 1.54) is 7.11 Å². The maximum atomic E-state index is 10.8. The third-order valence-corrected chi connectivity index (χ3v) is 1.55.